The van der Waals surface area contributed by atoms with Crippen LogP contribution in [0.25, 0.3) is 11.4 Å². The summed E-state index contributed by atoms with van der Waals surface area (Å²) in [5.41, 5.74) is 2.11. The first-order chi connectivity index (χ1) is 14.5. The van der Waals surface area contributed by atoms with Crippen LogP contribution in [0.4, 0.5) is 0 Å². The van der Waals surface area contributed by atoms with Crippen LogP contribution in [0, 0.1) is 18.8 Å². The summed E-state index contributed by atoms with van der Waals surface area (Å²) in [7, 11) is 0. The first kappa shape index (κ1) is 20.6. The maximum atomic E-state index is 13.0. The summed E-state index contributed by atoms with van der Waals surface area (Å²) in [5.74, 6) is 1.99. The van der Waals surface area contributed by atoms with E-state index in [1.54, 1.807) is 6.92 Å². The molecule has 7 heteroatoms. The lowest BCUT2D eigenvalue weighted by atomic mass is 9.91. The molecule has 1 atom stereocenters. The van der Waals surface area contributed by atoms with Crippen molar-refractivity contribution in [1.29, 1.82) is 0 Å². The maximum absolute atomic E-state index is 13.0. The summed E-state index contributed by atoms with van der Waals surface area (Å²) in [6.07, 6.45) is 4.30. The summed E-state index contributed by atoms with van der Waals surface area (Å²) >= 11 is 0. The summed E-state index contributed by atoms with van der Waals surface area (Å²) < 4.78 is 5.52. The molecule has 1 aromatic heterocycles. The highest BCUT2D eigenvalue weighted by Gasteiger charge is 2.32. The van der Waals surface area contributed by atoms with Gasteiger partial charge in [-0.3, -0.25) is 9.59 Å². The first-order valence-corrected chi connectivity index (χ1v) is 10.9. The number of rotatable bonds is 4. The molecule has 2 aliphatic rings. The monoisotopic (exact) mass is 410 g/mol. The van der Waals surface area contributed by atoms with Crippen molar-refractivity contribution in [2.75, 3.05) is 26.2 Å². The highest BCUT2D eigenvalue weighted by molar-refractivity contribution is 5.80. The number of nitrogens with zero attached hydrogens (tertiary/aromatic N) is 4. The Balaban J connectivity index is 1.34. The Morgan fingerprint density at radius 3 is 2.60 bits per heavy atom. The molecule has 2 aromatic rings. The van der Waals surface area contributed by atoms with Crippen molar-refractivity contribution in [3.8, 4) is 11.4 Å². The lowest BCUT2D eigenvalue weighted by molar-refractivity contribution is -0.141. The topological polar surface area (TPSA) is 79.5 Å². The van der Waals surface area contributed by atoms with Gasteiger partial charge in [-0.25, -0.2) is 0 Å². The first-order valence-electron chi connectivity index (χ1n) is 10.9. The Bertz CT molecular complexity index is 901. The quantitative estimate of drug-likeness (QED) is 0.774. The highest BCUT2D eigenvalue weighted by Crippen LogP contribution is 2.26. The van der Waals surface area contributed by atoms with E-state index in [4.69, 9.17) is 4.52 Å². The van der Waals surface area contributed by atoms with Gasteiger partial charge in [0.05, 0.1) is 0 Å². The van der Waals surface area contributed by atoms with Crippen LogP contribution in [-0.4, -0.2) is 57.9 Å². The van der Waals surface area contributed by atoms with Gasteiger partial charge < -0.3 is 14.3 Å². The van der Waals surface area contributed by atoms with Gasteiger partial charge in [0.25, 0.3) is 0 Å². The van der Waals surface area contributed by atoms with Gasteiger partial charge in [-0.2, -0.15) is 4.98 Å². The zero-order chi connectivity index (χ0) is 21.1. The number of carbonyl (C=O) groups excluding carboxylic acids is 2. The third kappa shape index (κ3) is 4.55. The molecule has 7 nitrogen and oxygen atoms in total. The van der Waals surface area contributed by atoms with E-state index in [9.17, 15) is 9.59 Å². The van der Waals surface area contributed by atoms with Gasteiger partial charge in [0.1, 0.15) is 0 Å². The molecule has 2 saturated heterocycles. The minimum Gasteiger partial charge on any atom is -0.343 e. The molecule has 2 aliphatic heterocycles. The van der Waals surface area contributed by atoms with Crippen LogP contribution < -0.4 is 0 Å². The molecule has 3 heterocycles. The Morgan fingerprint density at radius 2 is 1.87 bits per heavy atom. The van der Waals surface area contributed by atoms with E-state index in [0.717, 1.165) is 49.9 Å². The fraction of sp³-hybridized carbons (Fsp3) is 0.565. The van der Waals surface area contributed by atoms with Crippen molar-refractivity contribution in [2.45, 2.75) is 46.0 Å². The molecule has 0 aliphatic carbocycles. The number of hydrogen-bond acceptors (Lipinski definition) is 5. The van der Waals surface area contributed by atoms with E-state index in [2.05, 4.69) is 10.1 Å². The van der Waals surface area contributed by atoms with E-state index in [1.807, 2.05) is 41.0 Å². The fourth-order valence-electron chi connectivity index (χ4n) is 4.65. The van der Waals surface area contributed by atoms with Gasteiger partial charge >= 0.3 is 0 Å². The Labute approximate surface area is 177 Å². The molecule has 0 saturated carbocycles. The van der Waals surface area contributed by atoms with Crippen molar-refractivity contribution < 1.29 is 14.1 Å². The predicted molar refractivity (Wildman–Crippen MR) is 112 cm³/mol. The van der Waals surface area contributed by atoms with Crippen LogP contribution in [0.3, 0.4) is 0 Å². The van der Waals surface area contributed by atoms with Crippen LogP contribution in [0.15, 0.2) is 28.8 Å². The highest BCUT2D eigenvalue weighted by atomic mass is 16.5. The number of carbonyl (C=O) groups is 2. The number of piperidine rings is 2. The Kier molecular flexibility index (Phi) is 6.16. The lowest BCUT2D eigenvalue weighted by Gasteiger charge is -2.37. The Morgan fingerprint density at radius 1 is 1.10 bits per heavy atom. The number of hydrogen-bond donors (Lipinski definition) is 0. The standard InChI is InChI=1S/C23H30N4O3/c1-16-6-3-4-8-20(16)22-24-21(30-25-22)14-18-7-5-11-27(15-18)23(29)19-9-12-26(13-10-19)17(2)28/h3-4,6,8,18-19H,5,7,9-15H2,1-2H3. The van der Waals surface area contributed by atoms with E-state index in [0.29, 0.717) is 37.1 Å². The molecule has 4 rings (SSSR count). The van der Waals surface area contributed by atoms with E-state index in [-0.39, 0.29) is 17.7 Å². The maximum Gasteiger partial charge on any atom is 0.227 e. The molecule has 2 fully saturated rings. The van der Waals surface area contributed by atoms with Crippen molar-refractivity contribution >= 4 is 11.8 Å². The second kappa shape index (κ2) is 8.98. The molecule has 0 N–H and O–H groups in total. The van der Waals surface area contributed by atoms with Gasteiger partial charge in [0, 0.05) is 51.0 Å². The minimum atomic E-state index is 0.0374. The van der Waals surface area contributed by atoms with Crippen molar-refractivity contribution in [2.24, 2.45) is 11.8 Å². The zero-order valence-corrected chi connectivity index (χ0v) is 17.8. The number of aryl methyl sites for hydroxylation is 1. The SMILES string of the molecule is CC(=O)N1CCC(C(=O)N2CCCC(Cc3nc(-c4ccccc4C)no3)C2)CC1. The van der Waals surface area contributed by atoms with Crippen LogP contribution in [0.1, 0.15) is 44.1 Å². The van der Waals surface area contributed by atoms with Crippen LogP contribution in [0.2, 0.25) is 0 Å². The van der Waals surface area contributed by atoms with Gasteiger partial charge in [0.15, 0.2) is 0 Å². The minimum absolute atomic E-state index is 0.0374. The Hall–Kier alpha value is -2.70. The van der Waals surface area contributed by atoms with Crippen LogP contribution >= 0.6 is 0 Å². The molecule has 0 bridgehead atoms. The molecular weight excluding hydrogens is 380 g/mol. The number of likely N-dealkylation sites (tertiary alicyclic amines) is 2. The molecule has 0 spiro atoms. The molecule has 160 valence electrons. The number of benzene rings is 1. The third-order valence-electron chi connectivity index (χ3n) is 6.44. The summed E-state index contributed by atoms with van der Waals surface area (Å²) in [6.45, 7) is 6.57. The molecule has 1 aromatic carbocycles. The smallest absolute Gasteiger partial charge is 0.227 e. The number of aromatic nitrogens is 2. The van der Waals surface area contributed by atoms with Gasteiger partial charge in [-0.05, 0) is 44.1 Å². The molecule has 2 amide bonds. The predicted octanol–water partition coefficient (Wildman–Crippen LogP) is 3.08. The fourth-order valence-corrected chi connectivity index (χ4v) is 4.65. The molecular formula is C23H30N4O3. The van der Waals surface area contributed by atoms with E-state index in [1.165, 1.54) is 0 Å². The normalized spacial score (nSPS) is 20.4. The molecule has 0 radical (unpaired) electrons. The largest absolute Gasteiger partial charge is 0.343 e. The summed E-state index contributed by atoms with van der Waals surface area (Å²) in [6, 6.07) is 8.01. The van der Waals surface area contributed by atoms with Gasteiger partial charge in [-0.1, -0.05) is 29.4 Å². The van der Waals surface area contributed by atoms with Crippen LogP contribution in [-0.2, 0) is 16.0 Å². The van der Waals surface area contributed by atoms with Crippen molar-refractivity contribution in [1.82, 2.24) is 19.9 Å². The van der Waals surface area contributed by atoms with Crippen molar-refractivity contribution in [3.05, 3.63) is 35.7 Å². The van der Waals surface area contributed by atoms with Crippen molar-refractivity contribution in [3.63, 3.8) is 0 Å². The summed E-state index contributed by atoms with van der Waals surface area (Å²) in [5, 5.41) is 4.16. The average molecular weight is 411 g/mol. The van der Waals surface area contributed by atoms with E-state index >= 15 is 0 Å². The molecule has 30 heavy (non-hydrogen) atoms. The third-order valence-corrected chi connectivity index (χ3v) is 6.44. The number of amides is 2. The lowest BCUT2D eigenvalue weighted by Crippen LogP contribution is -2.47. The second-order valence-corrected chi connectivity index (χ2v) is 8.60. The summed E-state index contributed by atoms with van der Waals surface area (Å²) in [4.78, 5) is 33.0. The average Bonchev–Trinajstić information content (AvgIpc) is 3.22. The zero-order valence-electron chi connectivity index (χ0n) is 17.8. The van der Waals surface area contributed by atoms with Crippen LogP contribution in [0.5, 0.6) is 0 Å². The van der Waals surface area contributed by atoms with Gasteiger partial charge in [0.2, 0.25) is 23.5 Å². The second-order valence-electron chi connectivity index (χ2n) is 8.60. The van der Waals surface area contributed by atoms with Gasteiger partial charge in [-0.15, -0.1) is 0 Å². The molecule has 1 unspecified atom stereocenters. The van der Waals surface area contributed by atoms with E-state index < -0.39 is 0 Å².